The number of aromatic hydroxyl groups is 1. The van der Waals surface area contributed by atoms with Crippen molar-refractivity contribution in [2.75, 3.05) is 7.11 Å². The number of nitrogens with one attached hydrogen (secondary N) is 1. The van der Waals surface area contributed by atoms with Crippen LogP contribution in [-0.2, 0) is 4.79 Å². The number of nitro benzene ring substituents is 1. The number of carbonyl (C=O) groups is 1. The van der Waals surface area contributed by atoms with Crippen LogP contribution in [0, 0.1) is 16.0 Å². The van der Waals surface area contributed by atoms with Crippen molar-refractivity contribution >= 4 is 22.5 Å². The van der Waals surface area contributed by atoms with Crippen LogP contribution in [0.2, 0.25) is 0 Å². The Morgan fingerprint density at radius 1 is 1.19 bits per heavy atom. The van der Waals surface area contributed by atoms with Crippen molar-refractivity contribution in [3.63, 3.8) is 0 Å². The number of phenolic OH excluding ortho intramolecular Hbond substituents is 1. The fourth-order valence-corrected chi connectivity index (χ4v) is 4.45. The molecule has 0 saturated heterocycles. The SMILES string of the molecule is COc1ccccc1C(NC(=O)C1CCCCC1)c1cc([N+](=O)[O-])c2cccnc2c1O. The van der Waals surface area contributed by atoms with E-state index in [1.165, 1.54) is 19.4 Å². The highest BCUT2D eigenvalue weighted by atomic mass is 16.6. The highest BCUT2D eigenvalue weighted by Crippen LogP contribution is 2.41. The highest BCUT2D eigenvalue weighted by molar-refractivity contribution is 5.94. The summed E-state index contributed by atoms with van der Waals surface area (Å²) in [7, 11) is 1.52. The highest BCUT2D eigenvalue weighted by Gasteiger charge is 2.31. The minimum Gasteiger partial charge on any atom is -0.505 e. The number of hydrogen-bond acceptors (Lipinski definition) is 6. The molecule has 1 atom stereocenters. The van der Waals surface area contributed by atoms with Gasteiger partial charge in [-0.15, -0.1) is 0 Å². The second-order valence-corrected chi connectivity index (χ2v) is 8.01. The number of carbonyl (C=O) groups excluding carboxylic acids is 1. The second kappa shape index (κ2) is 9.21. The minimum atomic E-state index is -0.842. The molecule has 1 amide bonds. The first kappa shape index (κ1) is 21.5. The number of phenols is 1. The third-order valence-corrected chi connectivity index (χ3v) is 6.09. The number of fused-ring (bicyclic) bond motifs is 1. The van der Waals surface area contributed by atoms with Gasteiger partial charge in [0.1, 0.15) is 17.0 Å². The molecule has 8 nitrogen and oxygen atoms in total. The van der Waals surface area contributed by atoms with Crippen LogP contribution in [0.5, 0.6) is 11.5 Å². The Kier molecular flexibility index (Phi) is 6.20. The molecule has 1 saturated carbocycles. The maximum Gasteiger partial charge on any atom is 0.279 e. The number of methoxy groups -OCH3 is 1. The van der Waals surface area contributed by atoms with Crippen molar-refractivity contribution in [2.24, 2.45) is 5.92 Å². The predicted octanol–water partition coefficient (Wildman–Crippen LogP) is 4.64. The van der Waals surface area contributed by atoms with Gasteiger partial charge in [0.25, 0.3) is 5.69 Å². The third-order valence-electron chi connectivity index (χ3n) is 6.09. The minimum absolute atomic E-state index is 0.114. The largest absolute Gasteiger partial charge is 0.505 e. The fraction of sp³-hybridized carbons (Fsp3) is 0.333. The van der Waals surface area contributed by atoms with E-state index >= 15 is 0 Å². The normalized spacial score (nSPS) is 15.3. The summed E-state index contributed by atoms with van der Waals surface area (Å²) >= 11 is 0. The van der Waals surface area contributed by atoms with Crippen LogP contribution in [0.3, 0.4) is 0 Å². The van der Waals surface area contributed by atoms with Crippen LogP contribution >= 0.6 is 0 Å². The Hall–Kier alpha value is -3.68. The zero-order valence-corrected chi connectivity index (χ0v) is 17.8. The Balaban J connectivity index is 1.88. The lowest BCUT2D eigenvalue weighted by atomic mass is 9.87. The van der Waals surface area contributed by atoms with Crippen LogP contribution in [0.25, 0.3) is 10.9 Å². The van der Waals surface area contributed by atoms with Gasteiger partial charge < -0.3 is 15.2 Å². The number of amides is 1. The van der Waals surface area contributed by atoms with E-state index in [-0.39, 0.29) is 39.7 Å². The van der Waals surface area contributed by atoms with E-state index in [9.17, 15) is 20.0 Å². The standard InChI is InChI=1S/C24H25N3O5/c1-32-20-12-6-5-10-17(20)21(26-24(29)15-8-3-2-4-9-15)18-14-19(27(30)31)16-11-7-13-25-22(16)23(18)28/h5-7,10-15,21,28H,2-4,8-9H2,1H3,(H,26,29). The van der Waals surface area contributed by atoms with Gasteiger partial charge in [0.15, 0.2) is 0 Å². The van der Waals surface area contributed by atoms with Crippen molar-refractivity contribution in [1.82, 2.24) is 10.3 Å². The summed E-state index contributed by atoms with van der Waals surface area (Å²) in [5.41, 5.74) is 0.729. The molecule has 0 spiro atoms. The predicted molar refractivity (Wildman–Crippen MR) is 120 cm³/mol. The molecule has 1 aliphatic rings. The van der Waals surface area contributed by atoms with E-state index < -0.39 is 11.0 Å². The number of nitrogens with zero attached hydrogens (tertiary/aromatic N) is 2. The molecule has 1 fully saturated rings. The van der Waals surface area contributed by atoms with E-state index in [2.05, 4.69) is 10.3 Å². The number of rotatable bonds is 6. The van der Waals surface area contributed by atoms with Crippen LogP contribution in [-0.4, -0.2) is 28.0 Å². The van der Waals surface area contributed by atoms with E-state index in [0.29, 0.717) is 11.3 Å². The zero-order chi connectivity index (χ0) is 22.7. The number of para-hydroxylation sites is 1. The van der Waals surface area contributed by atoms with Crippen LogP contribution < -0.4 is 10.1 Å². The summed E-state index contributed by atoms with van der Waals surface area (Å²) in [6.07, 6.45) is 6.17. The Morgan fingerprint density at radius 3 is 2.66 bits per heavy atom. The lowest BCUT2D eigenvalue weighted by Gasteiger charge is -2.27. The molecular weight excluding hydrogens is 410 g/mol. The first-order chi connectivity index (χ1) is 15.5. The summed E-state index contributed by atoms with van der Waals surface area (Å²) in [4.78, 5) is 28.6. The smallest absolute Gasteiger partial charge is 0.279 e. The van der Waals surface area contributed by atoms with E-state index in [4.69, 9.17) is 4.74 Å². The van der Waals surface area contributed by atoms with Crippen molar-refractivity contribution in [3.05, 3.63) is 69.9 Å². The lowest BCUT2D eigenvalue weighted by molar-refractivity contribution is -0.383. The number of benzene rings is 2. The summed E-state index contributed by atoms with van der Waals surface area (Å²) < 4.78 is 5.50. The van der Waals surface area contributed by atoms with E-state index in [1.807, 2.05) is 0 Å². The maximum absolute atomic E-state index is 13.2. The van der Waals surface area contributed by atoms with E-state index in [0.717, 1.165) is 32.1 Å². The molecule has 2 N–H and O–H groups in total. The van der Waals surface area contributed by atoms with Gasteiger partial charge in [0.2, 0.25) is 5.91 Å². The molecule has 32 heavy (non-hydrogen) atoms. The molecule has 1 aromatic heterocycles. The Morgan fingerprint density at radius 2 is 1.94 bits per heavy atom. The number of non-ortho nitro benzene ring substituents is 1. The van der Waals surface area contributed by atoms with Gasteiger partial charge in [-0.1, -0.05) is 37.5 Å². The molecule has 1 aliphatic carbocycles. The first-order valence-electron chi connectivity index (χ1n) is 10.7. The van der Waals surface area contributed by atoms with Crippen molar-refractivity contribution in [1.29, 1.82) is 0 Å². The fourth-order valence-electron chi connectivity index (χ4n) is 4.45. The van der Waals surface area contributed by atoms with Crippen LogP contribution in [0.4, 0.5) is 5.69 Å². The van der Waals surface area contributed by atoms with Gasteiger partial charge in [-0.25, -0.2) is 0 Å². The van der Waals surface area contributed by atoms with Gasteiger partial charge in [-0.05, 0) is 31.0 Å². The molecule has 0 radical (unpaired) electrons. The number of ether oxygens (including phenoxy) is 1. The molecule has 1 unspecified atom stereocenters. The van der Waals surface area contributed by atoms with Crippen LogP contribution in [0.1, 0.15) is 49.3 Å². The number of aromatic nitrogens is 1. The molecule has 3 aromatic rings. The van der Waals surface area contributed by atoms with Crippen LogP contribution in [0.15, 0.2) is 48.7 Å². The molecule has 166 valence electrons. The average Bonchev–Trinajstić information content (AvgIpc) is 2.83. The molecule has 8 heteroatoms. The van der Waals surface area contributed by atoms with Gasteiger partial charge in [0.05, 0.1) is 23.5 Å². The van der Waals surface area contributed by atoms with Gasteiger partial charge in [-0.3, -0.25) is 19.9 Å². The van der Waals surface area contributed by atoms with Crippen molar-refractivity contribution in [3.8, 4) is 11.5 Å². The van der Waals surface area contributed by atoms with Gasteiger partial charge in [-0.2, -0.15) is 0 Å². The Bertz CT molecular complexity index is 1160. The Labute approximate surface area is 185 Å². The van der Waals surface area contributed by atoms with Crippen molar-refractivity contribution in [2.45, 2.75) is 38.1 Å². The summed E-state index contributed by atoms with van der Waals surface area (Å²) in [6, 6.07) is 10.7. The first-order valence-corrected chi connectivity index (χ1v) is 10.7. The molecule has 4 rings (SSSR count). The monoisotopic (exact) mass is 435 g/mol. The summed E-state index contributed by atoms with van der Waals surface area (Å²) in [5.74, 6) is 0.0381. The second-order valence-electron chi connectivity index (χ2n) is 8.01. The topological polar surface area (TPSA) is 115 Å². The summed E-state index contributed by atoms with van der Waals surface area (Å²) in [6.45, 7) is 0. The lowest BCUT2D eigenvalue weighted by Crippen LogP contribution is -2.35. The van der Waals surface area contributed by atoms with Gasteiger partial charge >= 0.3 is 0 Å². The molecule has 0 aliphatic heterocycles. The maximum atomic E-state index is 13.2. The average molecular weight is 435 g/mol. The third kappa shape index (κ3) is 4.08. The quantitative estimate of drug-likeness (QED) is 0.430. The van der Waals surface area contributed by atoms with Gasteiger partial charge in [0, 0.05) is 29.3 Å². The van der Waals surface area contributed by atoms with Crippen molar-refractivity contribution < 1.29 is 19.6 Å². The zero-order valence-electron chi connectivity index (χ0n) is 17.8. The number of pyridine rings is 1. The number of hydrogen-bond donors (Lipinski definition) is 2. The number of nitro groups is 1. The molecule has 0 bridgehead atoms. The summed E-state index contributed by atoms with van der Waals surface area (Å²) in [5, 5.41) is 26.2. The molecule has 2 aromatic carbocycles. The van der Waals surface area contributed by atoms with E-state index in [1.54, 1.807) is 36.4 Å². The molecule has 1 heterocycles. The molecular formula is C24H25N3O5.